The number of ether oxygens (including phenoxy) is 1. The van der Waals surface area contributed by atoms with Crippen molar-refractivity contribution in [1.82, 2.24) is 24.8 Å². The van der Waals surface area contributed by atoms with Crippen LogP contribution in [0.2, 0.25) is 0 Å². The number of anilines is 1. The molecule has 0 unspecified atom stereocenters. The molecule has 0 radical (unpaired) electrons. The summed E-state index contributed by atoms with van der Waals surface area (Å²) in [7, 11) is 1.74. The molecule has 0 spiro atoms. The molecule has 0 aliphatic heterocycles. The molecule has 10 nitrogen and oxygen atoms in total. The van der Waals surface area contributed by atoms with Gasteiger partial charge in [0.1, 0.15) is 29.7 Å². The van der Waals surface area contributed by atoms with Crippen LogP contribution in [0.4, 0.5) is 10.6 Å². The normalized spacial score (nSPS) is 26.0. The molecule has 0 aromatic carbocycles. The first-order valence-electron chi connectivity index (χ1n) is 8.92. The molecule has 148 valence electrons. The van der Waals surface area contributed by atoms with Crippen LogP contribution in [-0.4, -0.2) is 66.7 Å². The van der Waals surface area contributed by atoms with Crippen LogP contribution in [-0.2, 0) is 4.74 Å². The molecule has 27 heavy (non-hydrogen) atoms. The molecule has 4 atom stereocenters. The van der Waals surface area contributed by atoms with Gasteiger partial charge >= 0.3 is 6.09 Å². The number of aliphatic hydroxyl groups is 2. The molecular weight excluding hydrogens is 352 g/mol. The van der Waals surface area contributed by atoms with Gasteiger partial charge in [0.2, 0.25) is 0 Å². The van der Waals surface area contributed by atoms with Crippen molar-refractivity contribution in [3.63, 3.8) is 0 Å². The number of aliphatic hydroxyl groups excluding tert-OH is 2. The van der Waals surface area contributed by atoms with E-state index >= 15 is 0 Å². The molecule has 4 N–H and O–H groups in total. The van der Waals surface area contributed by atoms with Crippen LogP contribution >= 0.6 is 0 Å². The summed E-state index contributed by atoms with van der Waals surface area (Å²) in [5.74, 6) is 0.592. The van der Waals surface area contributed by atoms with Gasteiger partial charge in [-0.3, -0.25) is 0 Å². The van der Waals surface area contributed by atoms with Gasteiger partial charge in [0.25, 0.3) is 0 Å². The maximum absolute atomic E-state index is 12.0. The Morgan fingerprint density at radius 3 is 2.63 bits per heavy atom. The quantitative estimate of drug-likeness (QED) is 0.617. The number of nitrogens with zero attached hydrogens (tertiary/aromatic N) is 4. The SMILES string of the molecule is CNc1ncnc2c1ncn2[C@@H]1CC[C@@H](NC(=O)OC(C)(C)C)[C@@H](O)[C@@H]1O. The second-order valence-corrected chi connectivity index (χ2v) is 7.67. The first-order chi connectivity index (χ1) is 12.7. The van der Waals surface area contributed by atoms with Crippen LogP contribution in [0.3, 0.4) is 0 Å². The van der Waals surface area contributed by atoms with Gasteiger partial charge in [-0.25, -0.2) is 19.7 Å². The summed E-state index contributed by atoms with van der Waals surface area (Å²) in [6, 6.07) is -1.01. The molecule has 1 saturated carbocycles. The Kier molecular flexibility index (Phi) is 5.20. The highest BCUT2D eigenvalue weighted by atomic mass is 16.6. The van der Waals surface area contributed by atoms with E-state index in [-0.39, 0.29) is 0 Å². The standard InChI is InChI=1S/C17H26N6O4/c1-17(2,3)27-16(26)22-9-5-6-10(13(25)12(9)24)23-8-21-11-14(18-4)19-7-20-15(11)23/h7-10,12-13,24-25H,5-6H2,1-4H3,(H,22,26)(H,18,19,20)/t9-,10-,12-,13-/m1/s1. The van der Waals surface area contributed by atoms with E-state index in [1.165, 1.54) is 6.33 Å². The number of hydrogen-bond donors (Lipinski definition) is 4. The van der Waals surface area contributed by atoms with Crippen molar-refractivity contribution in [1.29, 1.82) is 0 Å². The largest absolute Gasteiger partial charge is 0.444 e. The Morgan fingerprint density at radius 2 is 1.96 bits per heavy atom. The fourth-order valence-corrected chi connectivity index (χ4v) is 3.36. The monoisotopic (exact) mass is 378 g/mol. The van der Waals surface area contributed by atoms with Crippen molar-refractivity contribution in [3.05, 3.63) is 12.7 Å². The summed E-state index contributed by atoms with van der Waals surface area (Å²) in [6.45, 7) is 5.29. The minimum atomic E-state index is -1.14. The highest BCUT2D eigenvalue weighted by Crippen LogP contribution is 2.32. The van der Waals surface area contributed by atoms with Crippen LogP contribution in [0.1, 0.15) is 39.7 Å². The fourth-order valence-electron chi connectivity index (χ4n) is 3.36. The number of imidazole rings is 1. The second kappa shape index (κ2) is 7.28. The van der Waals surface area contributed by atoms with Crippen molar-refractivity contribution in [2.75, 3.05) is 12.4 Å². The number of carbonyl (C=O) groups is 1. The molecule has 1 amide bonds. The maximum atomic E-state index is 12.0. The predicted molar refractivity (Wildman–Crippen MR) is 98.3 cm³/mol. The third kappa shape index (κ3) is 3.96. The van der Waals surface area contributed by atoms with Crippen molar-refractivity contribution < 1.29 is 19.7 Å². The Hall–Kier alpha value is -2.46. The molecule has 2 heterocycles. The van der Waals surface area contributed by atoms with E-state index in [9.17, 15) is 15.0 Å². The van der Waals surface area contributed by atoms with Crippen LogP contribution < -0.4 is 10.6 Å². The topological polar surface area (TPSA) is 134 Å². The van der Waals surface area contributed by atoms with E-state index < -0.39 is 36.0 Å². The molecule has 1 aliphatic carbocycles. The smallest absolute Gasteiger partial charge is 0.407 e. The van der Waals surface area contributed by atoms with Gasteiger partial charge in [-0.05, 0) is 33.6 Å². The summed E-state index contributed by atoms with van der Waals surface area (Å²) >= 11 is 0. The number of aromatic nitrogens is 4. The van der Waals surface area contributed by atoms with Gasteiger partial charge in [-0.15, -0.1) is 0 Å². The van der Waals surface area contributed by atoms with Gasteiger partial charge in [-0.1, -0.05) is 0 Å². The lowest BCUT2D eigenvalue weighted by Crippen LogP contribution is -2.55. The number of amides is 1. The molecule has 1 aliphatic rings. The van der Waals surface area contributed by atoms with Gasteiger partial charge in [0.05, 0.1) is 18.4 Å². The lowest BCUT2D eigenvalue weighted by molar-refractivity contribution is -0.0581. The maximum Gasteiger partial charge on any atom is 0.407 e. The molecular formula is C17H26N6O4. The van der Waals surface area contributed by atoms with Gasteiger partial charge in [0.15, 0.2) is 11.5 Å². The van der Waals surface area contributed by atoms with E-state index in [2.05, 4.69) is 25.6 Å². The number of rotatable bonds is 3. The summed E-state index contributed by atoms with van der Waals surface area (Å²) in [5.41, 5.74) is 0.533. The Balaban J connectivity index is 1.75. The number of alkyl carbamates (subject to hydrolysis) is 1. The molecule has 2 aromatic rings. The van der Waals surface area contributed by atoms with Crippen molar-refractivity contribution in [2.45, 2.75) is 63.5 Å². The molecule has 0 saturated heterocycles. The Bertz CT molecular complexity index is 817. The van der Waals surface area contributed by atoms with Crippen LogP contribution in [0, 0.1) is 0 Å². The molecule has 2 aromatic heterocycles. The number of nitrogens with one attached hydrogen (secondary N) is 2. The summed E-state index contributed by atoms with van der Waals surface area (Å²) in [5, 5.41) is 26.8. The lowest BCUT2D eigenvalue weighted by atomic mass is 9.86. The van der Waals surface area contributed by atoms with Crippen molar-refractivity contribution >= 4 is 23.1 Å². The number of fused-ring (bicyclic) bond motifs is 1. The van der Waals surface area contributed by atoms with E-state index in [1.54, 1.807) is 38.7 Å². The van der Waals surface area contributed by atoms with Crippen LogP contribution in [0.25, 0.3) is 11.2 Å². The van der Waals surface area contributed by atoms with Gasteiger partial charge < -0.3 is 30.2 Å². The average Bonchev–Trinajstić information content (AvgIpc) is 3.01. The van der Waals surface area contributed by atoms with Crippen molar-refractivity contribution in [2.24, 2.45) is 0 Å². The van der Waals surface area contributed by atoms with Crippen LogP contribution in [0.15, 0.2) is 12.7 Å². The Morgan fingerprint density at radius 1 is 1.22 bits per heavy atom. The zero-order valence-corrected chi connectivity index (χ0v) is 15.9. The molecule has 1 fully saturated rings. The highest BCUT2D eigenvalue weighted by Gasteiger charge is 2.40. The minimum absolute atomic E-state index is 0.415. The fraction of sp³-hybridized carbons (Fsp3) is 0.647. The molecule has 10 heteroatoms. The van der Waals surface area contributed by atoms with Gasteiger partial charge in [0, 0.05) is 7.05 Å². The average molecular weight is 378 g/mol. The zero-order chi connectivity index (χ0) is 19.8. The Labute approximate surface area is 157 Å². The van der Waals surface area contributed by atoms with E-state index in [0.29, 0.717) is 29.8 Å². The third-order valence-electron chi connectivity index (χ3n) is 4.58. The minimum Gasteiger partial charge on any atom is -0.444 e. The summed E-state index contributed by atoms with van der Waals surface area (Å²) < 4.78 is 6.97. The van der Waals surface area contributed by atoms with E-state index in [1.807, 2.05) is 0 Å². The van der Waals surface area contributed by atoms with Crippen LogP contribution in [0.5, 0.6) is 0 Å². The third-order valence-corrected chi connectivity index (χ3v) is 4.58. The van der Waals surface area contributed by atoms with E-state index in [4.69, 9.17) is 4.74 Å². The summed E-state index contributed by atoms with van der Waals surface area (Å²) in [4.78, 5) is 24.7. The highest BCUT2D eigenvalue weighted by molar-refractivity contribution is 5.82. The first-order valence-corrected chi connectivity index (χ1v) is 8.92. The number of carbonyl (C=O) groups excluding carboxylic acids is 1. The zero-order valence-electron chi connectivity index (χ0n) is 15.9. The number of hydrogen-bond acceptors (Lipinski definition) is 8. The second-order valence-electron chi connectivity index (χ2n) is 7.67. The summed E-state index contributed by atoms with van der Waals surface area (Å²) in [6.07, 6.45) is 1.17. The molecule has 0 bridgehead atoms. The van der Waals surface area contributed by atoms with Crippen molar-refractivity contribution in [3.8, 4) is 0 Å². The first kappa shape index (κ1) is 19.3. The lowest BCUT2D eigenvalue weighted by Gasteiger charge is -2.38. The van der Waals surface area contributed by atoms with E-state index in [0.717, 1.165) is 0 Å². The van der Waals surface area contributed by atoms with Gasteiger partial charge in [-0.2, -0.15) is 0 Å². The molecule has 3 rings (SSSR count). The predicted octanol–water partition coefficient (Wildman–Crippen LogP) is 0.818.